The van der Waals surface area contributed by atoms with E-state index < -0.39 is 0 Å². The lowest BCUT2D eigenvalue weighted by atomic mass is 10.1. The van der Waals surface area contributed by atoms with Gasteiger partial charge in [0.05, 0.1) is 12.3 Å². The lowest BCUT2D eigenvalue weighted by Crippen LogP contribution is -2.01. The summed E-state index contributed by atoms with van der Waals surface area (Å²) in [5.74, 6) is -0.243. The summed E-state index contributed by atoms with van der Waals surface area (Å²) >= 11 is 0. The fourth-order valence-electron chi connectivity index (χ4n) is 1.73. The van der Waals surface area contributed by atoms with Crippen molar-refractivity contribution in [1.82, 2.24) is 0 Å². The second kappa shape index (κ2) is 5.65. The van der Waals surface area contributed by atoms with Crippen molar-refractivity contribution < 1.29 is 9.50 Å². The highest BCUT2D eigenvalue weighted by Gasteiger charge is 2.01. The van der Waals surface area contributed by atoms with Crippen LogP contribution in [0.5, 0.6) is 0 Å². The molecule has 2 N–H and O–H groups in total. The number of hydrogen-bond donors (Lipinski definition) is 2. The van der Waals surface area contributed by atoms with Gasteiger partial charge in [0.25, 0.3) is 0 Å². The zero-order valence-corrected chi connectivity index (χ0v) is 10.3. The van der Waals surface area contributed by atoms with Gasteiger partial charge in [-0.25, -0.2) is 4.39 Å². The SMILES string of the molecule is Cc1ccc(F)c(NCc2ccc(CO)cc2)c1. The average Bonchev–Trinajstić information content (AvgIpc) is 2.40. The van der Waals surface area contributed by atoms with Gasteiger partial charge in [-0.15, -0.1) is 0 Å². The third-order valence-electron chi connectivity index (χ3n) is 2.81. The van der Waals surface area contributed by atoms with Crippen LogP contribution in [0.15, 0.2) is 42.5 Å². The molecular weight excluding hydrogens is 229 g/mol. The highest BCUT2D eigenvalue weighted by molar-refractivity contribution is 5.47. The molecule has 0 saturated carbocycles. The lowest BCUT2D eigenvalue weighted by Gasteiger charge is -2.09. The average molecular weight is 245 g/mol. The van der Waals surface area contributed by atoms with Crippen molar-refractivity contribution in [2.45, 2.75) is 20.1 Å². The van der Waals surface area contributed by atoms with Crippen LogP contribution in [0.2, 0.25) is 0 Å². The standard InChI is InChI=1S/C15H16FNO/c1-11-2-7-14(16)15(8-11)17-9-12-3-5-13(10-18)6-4-12/h2-8,17-18H,9-10H2,1H3. The molecule has 94 valence electrons. The summed E-state index contributed by atoms with van der Waals surface area (Å²) in [4.78, 5) is 0. The molecule has 0 saturated heterocycles. The first kappa shape index (κ1) is 12.6. The highest BCUT2D eigenvalue weighted by atomic mass is 19.1. The van der Waals surface area contributed by atoms with Crippen molar-refractivity contribution >= 4 is 5.69 Å². The largest absolute Gasteiger partial charge is 0.392 e. The van der Waals surface area contributed by atoms with Crippen LogP contribution in [0, 0.1) is 12.7 Å². The maximum atomic E-state index is 13.5. The molecule has 0 unspecified atom stereocenters. The van der Waals surface area contributed by atoms with Crippen LogP contribution in [0.4, 0.5) is 10.1 Å². The van der Waals surface area contributed by atoms with Crippen LogP contribution in [-0.2, 0) is 13.2 Å². The number of aryl methyl sites for hydroxylation is 1. The predicted molar refractivity (Wildman–Crippen MR) is 70.8 cm³/mol. The van der Waals surface area contributed by atoms with Crippen LogP contribution in [-0.4, -0.2) is 5.11 Å². The molecule has 0 aliphatic heterocycles. The van der Waals surface area contributed by atoms with E-state index >= 15 is 0 Å². The minimum atomic E-state index is -0.243. The quantitative estimate of drug-likeness (QED) is 0.866. The minimum absolute atomic E-state index is 0.0419. The monoisotopic (exact) mass is 245 g/mol. The van der Waals surface area contributed by atoms with E-state index in [4.69, 9.17) is 5.11 Å². The Balaban J connectivity index is 2.04. The topological polar surface area (TPSA) is 32.3 Å². The third kappa shape index (κ3) is 3.08. The fraction of sp³-hybridized carbons (Fsp3) is 0.200. The van der Waals surface area contributed by atoms with Crippen molar-refractivity contribution in [1.29, 1.82) is 0 Å². The number of halogens is 1. The van der Waals surface area contributed by atoms with E-state index in [0.29, 0.717) is 12.2 Å². The molecule has 0 atom stereocenters. The highest BCUT2D eigenvalue weighted by Crippen LogP contribution is 2.16. The Hall–Kier alpha value is -1.87. The van der Waals surface area contributed by atoms with Crippen LogP contribution in [0.3, 0.4) is 0 Å². The van der Waals surface area contributed by atoms with Crippen molar-refractivity contribution in [3.05, 3.63) is 65.0 Å². The van der Waals surface area contributed by atoms with E-state index in [-0.39, 0.29) is 12.4 Å². The second-order valence-corrected chi connectivity index (χ2v) is 4.31. The van der Waals surface area contributed by atoms with Crippen LogP contribution in [0.1, 0.15) is 16.7 Å². The molecule has 0 spiro atoms. The van der Waals surface area contributed by atoms with Crippen LogP contribution >= 0.6 is 0 Å². The molecule has 0 fully saturated rings. The zero-order chi connectivity index (χ0) is 13.0. The number of aliphatic hydroxyl groups is 1. The summed E-state index contributed by atoms with van der Waals surface area (Å²) in [6.07, 6.45) is 0. The van der Waals surface area contributed by atoms with E-state index in [9.17, 15) is 4.39 Å². The number of benzene rings is 2. The van der Waals surface area contributed by atoms with E-state index in [1.807, 2.05) is 31.2 Å². The summed E-state index contributed by atoms with van der Waals surface area (Å²) < 4.78 is 13.5. The Labute approximate surface area is 106 Å². The number of rotatable bonds is 4. The molecule has 0 bridgehead atoms. The van der Waals surface area contributed by atoms with Crippen LogP contribution in [0.25, 0.3) is 0 Å². The summed E-state index contributed by atoms with van der Waals surface area (Å²) in [7, 11) is 0. The molecule has 2 rings (SSSR count). The smallest absolute Gasteiger partial charge is 0.146 e. The molecule has 3 heteroatoms. The van der Waals surface area contributed by atoms with Crippen LogP contribution < -0.4 is 5.32 Å². The van der Waals surface area contributed by atoms with Gasteiger partial charge in [-0.1, -0.05) is 30.3 Å². The molecule has 0 aromatic heterocycles. The third-order valence-corrected chi connectivity index (χ3v) is 2.81. The minimum Gasteiger partial charge on any atom is -0.392 e. The molecule has 0 heterocycles. The first-order valence-corrected chi connectivity index (χ1v) is 5.88. The predicted octanol–water partition coefficient (Wildman–Crippen LogP) is 3.24. The molecule has 2 aromatic carbocycles. The number of nitrogens with one attached hydrogen (secondary N) is 1. The number of anilines is 1. The molecule has 0 aliphatic carbocycles. The molecule has 2 aromatic rings. The zero-order valence-electron chi connectivity index (χ0n) is 10.3. The normalized spacial score (nSPS) is 10.4. The van der Waals surface area contributed by atoms with E-state index in [0.717, 1.165) is 16.7 Å². The molecule has 0 amide bonds. The number of aliphatic hydroxyl groups excluding tert-OH is 1. The molecule has 2 nitrogen and oxygen atoms in total. The van der Waals surface area contributed by atoms with Gasteiger partial charge >= 0.3 is 0 Å². The van der Waals surface area contributed by atoms with Crippen molar-refractivity contribution in [2.75, 3.05) is 5.32 Å². The van der Waals surface area contributed by atoms with E-state index in [1.54, 1.807) is 12.1 Å². The van der Waals surface area contributed by atoms with Gasteiger partial charge in [-0.3, -0.25) is 0 Å². The Bertz CT molecular complexity index is 523. The van der Waals surface area contributed by atoms with Gasteiger partial charge in [-0.05, 0) is 35.7 Å². The van der Waals surface area contributed by atoms with Crippen molar-refractivity contribution in [3.63, 3.8) is 0 Å². The summed E-state index contributed by atoms with van der Waals surface area (Å²) in [5, 5.41) is 12.0. The van der Waals surface area contributed by atoms with Gasteiger partial charge in [0, 0.05) is 6.54 Å². The molecule has 0 radical (unpaired) electrons. The number of hydrogen-bond acceptors (Lipinski definition) is 2. The van der Waals surface area contributed by atoms with E-state index in [1.165, 1.54) is 6.07 Å². The first-order valence-electron chi connectivity index (χ1n) is 5.88. The van der Waals surface area contributed by atoms with E-state index in [2.05, 4.69) is 5.32 Å². The second-order valence-electron chi connectivity index (χ2n) is 4.31. The Morgan fingerprint density at radius 2 is 1.72 bits per heavy atom. The summed E-state index contributed by atoms with van der Waals surface area (Å²) in [5.41, 5.74) is 3.46. The van der Waals surface area contributed by atoms with Gasteiger partial charge < -0.3 is 10.4 Å². The summed E-state index contributed by atoms with van der Waals surface area (Å²) in [6, 6.07) is 12.6. The van der Waals surface area contributed by atoms with Gasteiger partial charge in [0.1, 0.15) is 5.82 Å². The summed E-state index contributed by atoms with van der Waals surface area (Å²) in [6.45, 7) is 2.53. The first-order chi connectivity index (χ1) is 8.69. The Morgan fingerprint density at radius 3 is 2.39 bits per heavy atom. The van der Waals surface area contributed by atoms with Crippen molar-refractivity contribution in [2.24, 2.45) is 0 Å². The Morgan fingerprint density at radius 1 is 1.06 bits per heavy atom. The Kier molecular flexibility index (Phi) is 3.95. The maximum Gasteiger partial charge on any atom is 0.146 e. The molecule has 18 heavy (non-hydrogen) atoms. The lowest BCUT2D eigenvalue weighted by molar-refractivity contribution is 0.282. The fourth-order valence-corrected chi connectivity index (χ4v) is 1.73. The van der Waals surface area contributed by atoms with Gasteiger partial charge in [0.2, 0.25) is 0 Å². The van der Waals surface area contributed by atoms with Gasteiger partial charge in [-0.2, -0.15) is 0 Å². The maximum absolute atomic E-state index is 13.5. The molecular formula is C15H16FNO. The van der Waals surface area contributed by atoms with Gasteiger partial charge in [0.15, 0.2) is 0 Å². The molecule has 0 aliphatic rings. The van der Waals surface area contributed by atoms with Crippen molar-refractivity contribution in [3.8, 4) is 0 Å².